The van der Waals surface area contributed by atoms with Gasteiger partial charge in [0.25, 0.3) is 0 Å². The monoisotopic (exact) mass is 261 g/mol. The van der Waals surface area contributed by atoms with E-state index in [0.717, 1.165) is 27.6 Å². The second-order valence-electron chi connectivity index (χ2n) is 5.02. The van der Waals surface area contributed by atoms with E-state index in [2.05, 4.69) is 4.98 Å². The number of aryl methyl sites for hydroxylation is 2. The molecule has 0 amide bonds. The Balaban J connectivity index is 2.20. The van der Waals surface area contributed by atoms with Crippen molar-refractivity contribution >= 4 is 16.7 Å². The highest BCUT2D eigenvalue weighted by molar-refractivity contribution is 6.16. The lowest BCUT2D eigenvalue weighted by atomic mass is 9.95. The summed E-state index contributed by atoms with van der Waals surface area (Å²) in [6.07, 6.45) is 1.70. The van der Waals surface area contributed by atoms with E-state index in [4.69, 9.17) is 0 Å². The van der Waals surface area contributed by atoms with Gasteiger partial charge in [-0.25, -0.2) is 0 Å². The molecule has 20 heavy (non-hydrogen) atoms. The maximum Gasteiger partial charge on any atom is 0.194 e. The Morgan fingerprint density at radius 1 is 0.950 bits per heavy atom. The van der Waals surface area contributed by atoms with Crippen LogP contribution in [0.1, 0.15) is 27.0 Å². The van der Waals surface area contributed by atoms with Crippen LogP contribution in [0.3, 0.4) is 0 Å². The Kier molecular flexibility index (Phi) is 3.07. The van der Waals surface area contributed by atoms with Crippen LogP contribution < -0.4 is 0 Å². The summed E-state index contributed by atoms with van der Waals surface area (Å²) in [6.45, 7) is 3.97. The highest BCUT2D eigenvalue weighted by Gasteiger charge is 2.14. The molecule has 0 aliphatic rings. The summed E-state index contributed by atoms with van der Waals surface area (Å²) in [5.41, 5.74) is 4.42. The molecule has 2 nitrogen and oxygen atoms in total. The zero-order chi connectivity index (χ0) is 14.1. The fourth-order valence-corrected chi connectivity index (χ4v) is 2.42. The topological polar surface area (TPSA) is 30.0 Å². The first kappa shape index (κ1) is 12.5. The summed E-state index contributed by atoms with van der Waals surface area (Å²) < 4.78 is 0. The number of pyridine rings is 1. The Labute approximate surface area is 118 Å². The molecule has 0 bridgehead atoms. The van der Waals surface area contributed by atoms with Gasteiger partial charge in [0.05, 0.1) is 5.52 Å². The van der Waals surface area contributed by atoms with Crippen molar-refractivity contribution in [2.75, 3.05) is 0 Å². The highest BCUT2D eigenvalue weighted by atomic mass is 16.1. The molecule has 3 rings (SSSR count). The van der Waals surface area contributed by atoms with Gasteiger partial charge in [0.2, 0.25) is 0 Å². The molecule has 2 aromatic carbocycles. The van der Waals surface area contributed by atoms with Gasteiger partial charge in [0.15, 0.2) is 5.78 Å². The third kappa shape index (κ3) is 2.10. The lowest BCUT2D eigenvalue weighted by Gasteiger charge is -2.08. The fourth-order valence-electron chi connectivity index (χ4n) is 2.42. The van der Waals surface area contributed by atoms with Crippen molar-refractivity contribution < 1.29 is 4.79 Å². The number of ketones is 1. The van der Waals surface area contributed by atoms with Gasteiger partial charge in [-0.05, 0) is 37.6 Å². The molecule has 1 heterocycles. The zero-order valence-electron chi connectivity index (χ0n) is 11.6. The van der Waals surface area contributed by atoms with E-state index >= 15 is 0 Å². The molecule has 0 saturated carbocycles. The molecule has 98 valence electrons. The van der Waals surface area contributed by atoms with Crippen molar-refractivity contribution in [2.45, 2.75) is 13.8 Å². The molecule has 0 spiro atoms. The average Bonchev–Trinajstić information content (AvgIpc) is 2.48. The van der Waals surface area contributed by atoms with Crippen molar-refractivity contribution in [1.29, 1.82) is 0 Å². The second-order valence-corrected chi connectivity index (χ2v) is 5.02. The largest absolute Gasteiger partial charge is 0.289 e. The van der Waals surface area contributed by atoms with Gasteiger partial charge in [-0.15, -0.1) is 0 Å². The minimum Gasteiger partial charge on any atom is -0.289 e. The summed E-state index contributed by atoms with van der Waals surface area (Å²) >= 11 is 0. The van der Waals surface area contributed by atoms with Crippen LogP contribution in [0.4, 0.5) is 0 Å². The molecule has 0 N–H and O–H groups in total. The van der Waals surface area contributed by atoms with Gasteiger partial charge in [0, 0.05) is 22.7 Å². The van der Waals surface area contributed by atoms with Crippen LogP contribution in [0.2, 0.25) is 0 Å². The van der Waals surface area contributed by atoms with Crippen LogP contribution in [-0.2, 0) is 0 Å². The minimum atomic E-state index is 0.0600. The molecular formula is C18H15NO. The highest BCUT2D eigenvalue weighted by Crippen LogP contribution is 2.21. The molecule has 0 unspecified atom stereocenters. The number of benzene rings is 2. The summed E-state index contributed by atoms with van der Waals surface area (Å²) in [5.74, 6) is 0.0600. The van der Waals surface area contributed by atoms with E-state index in [1.807, 2.05) is 56.3 Å². The van der Waals surface area contributed by atoms with Crippen LogP contribution >= 0.6 is 0 Å². The molecule has 0 aliphatic heterocycles. The van der Waals surface area contributed by atoms with E-state index in [-0.39, 0.29) is 5.78 Å². The van der Waals surface area contributed by atoms with Crippen molar-refractivity contribution in [1.82, 2.24) is 4.98 Å². The van der Waals surface area contributed by atoms with Gasteiger partial charge >= 0.3 is 0 Å². The van der Waals surface area contributed by atoms with Gasteiger partial charge in [-0.2, -0.15) is 0 Å². The number of hydrogen-bond acceptors (Lipinski definition) is 2. The first-order valence-electron chi connectivity index (χ1n) is 6.62. The SMILES string of the molecule is Cc1ccc(C)c(C(=O)c2ccnc3ccccc23)c1. The van der Waals surface area contributed by atoms with Gasteiger partial charge < -0.3 is 0 Å². The average molecular weight is 261 g/mol. The van der Waals surface area contributed by atoms with Gasteiger partial charge in [-0.1, -0.05) is 35.9 Å². The summed E-state index contributed by atoms with van der Waals surface area (Å²) in [5, 5.41) is 0.904. The van der Waals surface area contributed by atoms with Gasteiger partial charge in [-0.3, -0.25) is 9.78 Å². The zero-order valence-corrected chi connectivity index (χ0v) is 11.6. The quantitative estimate of drug-likeness (QED) is 0.650. The second kappa shape index (κ2) is 4.89. The molecule has 0 atom stereocenters. The molecule has 1 aromatic heterocycles. The van der Waals surface area contributed by atoms with E-state index in [1.54, 1.807) is 12.3 Å². The van der Waals surface area contributed by atoms with E-state index in [0.29, 0.717) is 5.56 Å². The number of rotatable bonds is 2. The molecular weight excluding hydrogens is 246 g/mol. The molecule has 0 saturated heterocycles. The maximum absolute atomic E-state index is 12.8. The van der Waals surface area contributed by atoms with Crippen molar-refractivity contribution in [3.8, 4) is 0 Å². The van der Waals surface area contributed by atoms with E-state index < -0.39 is 0 Å². The van der Waals surface area contributed by atoms with Crippen LogP contribution in [0.15, 0.2) is 54.7 Å². The van der Waals surface area contributed by atoms with Crippen LogP contribution in [-0.4, -0.2) is 10.8 Å². The summed E-state index contributed by atoms with van der Waals surface area (Å²) in [4.78, 5) is 17.1. The molecule has 0 aliphatic carbocycles. The third-order valence-electron chi connectivity index (χ3n) is 3.53. The van der Waals surface area contributed by atoms with E-state index in [9.17, 15) is 4.79 Å². The molecule has 0 radical (unpaired) electrons. The summed E-state index contributed by atoms with van der Waals surface area (Å²) in [7, 11) is 0. The first-order chi connectivity index (χ1) is 9.66. The lowest BCUT2D eigenvalue weighted by Crippen LogP contribution is -2.05. The Hall–Kier alpha value is -2.48. The number of carbonyl (C=O) groups is 1. The van der Waals surface area contributed by atoms with Crippen molar-refractivity contribution in [3.05, 3.63) is 77.0 Å². The predicted octanol–water partition coefficient (Wildman–Crippen LogP) is 4.08. The first-order valence-corrected chi connectivity index (χ1v) is 6.62. The molecule has 3 aromatic rings. The predicted molar refractivity (Wildman–Crippen MR) is 81.1 cm³/mol. The third-order valence-corrected chi connectivity index (χ3v) is 3.53. The van der Waals surface area contributed by atoms with Crippen molar-refractivity contribution in [3.63, 3.8) is 0 Å². The number of para-hydroxylation sites is 1. The lowest BCUT2D eigenvalue weighted by molar-refractivity contribution is 0.103. The van der Waals surface area contributed by atoms with Crippen LogP contribution in [0.5, 0.6) is 0 Å². The smallest absolute Gasteiger partial charge is 0.194 e. The number of fused-ring (bicyclic) bond motifs is 1. The Bertz CT molecular complexity index is 800. The Morgan fingerprint density at radius 3 is 2.60 bits per heavy atom. The molecule has 0 fully saturated rings. The van der Waals surface area contributed by atoms with E-state index in [1.165, 1.54) is 0 Å². The maximum atomic E-state index is 12.8. The Morgan fingerprint density at radius 2 is 1.75 bits per heavy atom. The molecule has 2 heteroatoms. The summed E-state index contributed by atoms with van der Waals surface area (Å²) in [6, 6.07) is 15.5. The number of hydrogen-bond donors (Lipinski definition) is 0. The fraction of sp³-hybridized carbons (Fsp3) is 0.111. The standard InChI is InChI=1S/C18H15NO/c1-12-7-8-13(2)16(11-12)18(20)15-9-10-19-17-6-4-3-5-14(15)17/h3-11H,1-2H3. The van der Waals surface area contributed by atoms with Crippen LogP contribution in [0, 0.1) is 13.8 Å². The number of aromatic nitrogens is 1. The van der Waals surface area contributed by atoms with Gasteiger partial charge in [0.1, 0.15) is 0 Å². The normalized spacial score (nSPS) is 10.7. The number of carbonyl (C=O) groups excluding carboxylic acids is 1. The number of nitrogens with zero attached hydrogens (tertiary/aromatic N) is 1. The van der Waals surface area contributed by atoms with Crippen molar-refractivity contribution in [2.24, 2.45) is 0 Å². The minimum absolute atomic E-state index is 0.0600. The van der Waals surface area contributed by atoms with Crippen LogP contribution in [0.25, 0.3) is 10.9 Å².